The molecule has 4 nitrogen and oxygen atoms in total. The number of aromatic nitrogens is 1. The summed E-state index contributed by atoms with van der Waals surface area (Å²) >= 11 is 1.27. The minimum atomic E-state index is -1.06. The number of aromatic carboxylic acids is 1. The predicted octanol–water partition coefficient (Wildman–Crippen LogP) is 3.08. The first-order valence-corrected chi connectivity index (χ1v) is 7.53. The fraction of sp³-hybridized carbons (Fsp3) is 0.333. The Morgan fingerprint density at radius 1 is 1.33 bits per heavy atom. The van der Waals surface area contributed by atoms with Crippen LogP contribution in [0.4, 0.5) is 4.39 Å². The molecule has 6 heteroatoms. The molecule has 1 aromatic heterocycles. The second-order valence-corrected chi connectivity index (χ2v) is 5.88. The van der Waals surface area contributed by atoms with E-state index < -0.39 is 11.4 Å². The molecule has 2 heterocycles. The van der Waals surface area contributed by atoms with Crippen LogP contribution >= 0.6 is 11.3 Å². The van der Waals surface area contributed by atoms with Crippen LogP contribution in [0.25, 0.3) is 0 Å². The summed E-state index contributed by atoms with van der Waals surface area (Å²) in [4.78, 5) is 15.3. The summed E-state index contributed by atoms with van der Waals surface area (Å²) < 4.78 is 19.7. The van der Waals surface area contributed by atoms with Crippen LogP contribution in [-0.4, -0.2) is 29.3 Å². The highest BCUT2D eigenvalue weighted by Crippen LogP contribution is 2.43. The molecule has 1 saturated heterocycles. The number of thiazole rings is 1. The average molecular weight is 307 g/mol. The molecule has 0 radical (unpaired) electrons. The van der Waals surface area contributed by atoms with Gasteiger partial charge in [0.05, 0.1) is 5.41 Å². The number of rotatable bonds is 3. The zero-order valence-electron chi connectivity index (χ0n) is 11.2. The van der Waals surface area contributed by atoms with E-state index in [1.165, 1.54) is 22.8 Å². The van der Waals surface area contributed by atoms with Crippen LogP contribution in [0.15, 0.2) is 29.6 Å². The molecule has 0 unspecified atom stereocenters. The quantitative estimate of drug-likeness (QED) is 0.946. The van der Waals surface area contributed by atoms with Crippen molar-refractivity contribution in [2.75, 3.05) is 13.2 Å². The number of carboxylic acids is 1. The van der Waals surface area contributed by atoms with Crippen LogP contribution < -0.4 is 0 Å². The summed E-state index contributed by atoms with van der Waals surface area (Å²) in [6, 6.07) is 6.62. The average Bonchev–Trinajstić information content (AvgIpc) is 2.99. The van der Waals surface area contributed by atoms with Crippen LogP contribution in [0, 0.1) is 5.82 Å². The summed E-state index contributed by atoms with van der Waals surface area (Å²) in [6.07, 6.45) is 1.20. The van der Waals surface area contributed by atoms with Gasteiger partial charge < -0.3 is 9.84 Å². The van der Waals surface area contributed by atoms with Crippen LogP contribution in [0.1, 0.15) is 33.9 Å². The van der Waals surface area contributed by atoms with Gasteiger partial charge >= 0.3 is 5.97 Å². The first-order chi connectivity index (χ1) is 10.1. The summed E-state index contributed by atoms with van der Waals surface area (Å²) in [6.45, 7) is 1.02. The Morgan fingerprint density at radius 2 is 2.05 bits per heavy atom. The highest BCUT2D eigenvalue weighted by Gasteiger charge is 2.41. The molecular weight excluding hydrogens is 293 g/mol. The predicted molar refractivity (Wildman–Crippen MR) is 76.3 cm³/mol. The molecule has 1 aliphatic rings. The Kier molecular flexibility index (Phi) is 3.73. The molecule has 1 aliphatic heterocycles. The number of nitrogens with zero attached hydrogens (tertiary/aromatic N) is 1. The van der Waals surface area contributed by atoms with Crippen molar-refractivity contribution in [3.05, 3.63) is 51.7 Å². The lowest BCUT2D eigenvalue weighted by Gasteiger charge is -2.36. The van der Waals surface area contributed by atoms with Crippen LogP contribution in [0.3, 0.4) is 0 Å². The van der Waals surface area contributed by atoms with Gasteiger partial charge in [0.15, 0.2) is 5.69 Å². The number of halogens is 1. The highest BCUT2D eigenvalue weighted by molar-refractivity contribution is 7.10. The fourth-order valence-corrected chi connectivity index (χ4v) is 3.83. The van der Waals surface area contributed by atoms with Crippen molar-refractivity contribution in [3.63, 3.8) is 0 Å². The van der Waals surface area contributed by atoms with Crippen molar-refractivity contribution in [3.8, 4) is 0 Å². The first kappa shape index (κ1) is 14.2. The van der Waals surface area contributed by atoms with Gasteiger partial charge in [-0.2, -0.15) is 0 Å². The maximum absolute atomic E-state index is 14.3. The standard InChI is InChI=1S/C15H14FNO3S/c16-11-4-2-1-3-10(11)15(5-7-20-8-6-15)14-17-12(9-21-14)13(18)19/h1-4,9H,5-8H2,(H,18,19). The number of carboxylic acid groups (broad SMARTS) is 1. The van der Waals surface area contributed by atoms with Crippen LogP contribution in [0.5, 0.6) is 0 Å². The van der Waals surface area contributed by atoms with E-state index in [4.69, 9.17) is 9.84 Å². The number of hydrogen-bond acceptors (Lipinski definition) is 4. The first-order valence-electron chi connectivity index (χ1n) is 6.65. The largest absolute Gasteiger partial charge is 0.476 e. The van der Waals surface area contributed by atoms with Gasteiger partial charge in [0.2, 0.25) is 0 Å². The topological polar surface area (TPSA) is 59.4 Å². The smallest absolute Gasteiger partial charge is 0.355 e. The Balaban J connectivity index is 2.12. The molecule has 110 valence electrons. The van der Waals surface area contributed by atoms with E-state index in [0.717, 1.165) is 0 Å². The van der Waals surface area contributed by atoms with E-state index in [0.29, 0.717) is 36.6 Å². The molecule has 0 atom stereocenters. The number of ether oxygens (including phenoxy) is 1. The summed E-state index contributed by atoms with van der Waals surface area (Å²) in [5.74, 6) is -1.35. The van der Waals surface area contributed by atoms with E-state index in [1.54, 1.807) is 18.2 Å². The maximum Gasteiger partial charge on any atom is 0.355 e. The van der Waals surface area contributed by atoms with Crippen molar-refractivity contribution in [1.82, 2.24) is 4.98 Å². The number of hydrogen-bond donors (Lipinski definition) is 1. The molecule has 1 N–H and O–H groups in total. The molecule has 0 saturated carbocycles. The molecule has 0 bridgehead atoms. The molecule has 2 aromatic rings. The third-order valence-corrected chi connectivity index (χ3v) is 4.91. The van der Waals surface area contributed by atoms with Crippen LogP contribution in [-0.2, 0) is 10.2 Å². The van der Waals surface area contributed by atoms with Crippen LogP contribution in [0.2, 0.25) is 0 Å². The van der Waals surface area contributed by atoms with Gasteiger partial charge in [-0.05, 0) is 18.9 Å². The zero-order chi connectivity index (χ0) is 14.9. The lowest BCUT2D eigenvalue weighted by Crippen LogP contribution is -2.36. The third kappa shape index (κ3) is 2.45. The van der Waals surface area contributed by atoms with Crippen molar-refractivity contribution in [2.45, 2.75) is 18.3 Å². The van der Waals surface area contributed by atoms with Gasteiger partial charge in [0, 0.05) is 24.2 Å². The van der Waals surface area contributed by atoms with Crippen molar-refractivity contribution >= 4 is 17.3 Å². The monoisotopic (exact) mass is 307 g/mol. The number of carbonyl (C=O) groups is 1. The van der Waals surface area contributed by atoms with E-state index in [1.807, 2.05) is 0 Å². The Bertz CT molecular complexity index is 664. The van der Waals surface area contributed by atoms with E-state index in [2.05, 4.69) is 4.98 Å². The Morgan fingerprint density at radius 3 is 2.67 bits per heavy atom. The normalized spacial score (nSPS) is 17.6. The SMILES string of the molecule is O=C(O)c1csc(C2(c3ccccc3F)CCOCC2)n1. The van der Waals surface area contributed by atoms with Gasteiger partial charge in [-0.3, -0.25) is 0 Å². The summed E-state index contributed by atoms with van der Waals surface area (Å²) in [7, 11) is 0. The summed E-state index contributed by atoms with van der Waals surface area (Å²) in [5.41, 5.74) is -0.0149. The minimum absolute atomic E-state index is 0.0113. The van der Waals surface area contributed by atoms with E-state index in [9.17, 15) is 9.18 Å². The second-order valence-electron chi connectivity index (χ2n) is 5.02. The Hall–Kier alpha value is -1.79. The van der Waals surface area contributed by atoms with Crippen molar-refractivity contribution < 1.29 is 19.0 Å². The fourth-order valence-electron chi connectivity index (χ4n) is 2.76. The lowest BCUT2D eigenvalue weighted by molar-refractivity contribution is 0.0616. The van der Waals surface area contributed by atoms with Crippen molar-refractivity contribution in [2.24, 2.45) is 0 Å². The number of benzene rings is 1. The molecular formula is C15H14FNO3S. The van der Waals surface area contributed by atoms with Gasteiger partial charge in [0.25, 0.3) is 0 Å². The lowest BCUT2D eigenvalue weighted by atomic mass is 9.74. The molecule has 3 rings (SSSR count). The zero-order valence-corrected chi connectivity index (χ0v) is 12.0. The van der Waals surface area contributed by atoms with Gasteiger partial charge in [-0.25, -0.2) is 14.2 Å². The van der Waals surface area contributed by atoms with E-state index in [-0.39, 0.29) is 11.5 Å². The third-order valence-electron chi connectivity index (χ3n) is 3.87. The molecule has 1 fully saturated rings. The molecule has 0 amide bonds. The van der Waals surface area contributed by atoms with Gasteiger partial charge in [0.1, 0.15) is 10.8 Å². The van der Waals surface area contributed by atoms with E-state index >= 15 is 0 Å². The molecule has 0 spiro atoms. The van der Waals surface area contributed by atoms with Gasteiger partial charge in [-0.15, -0.1) is 11.3 Å². The van der Waals surface area contributed by atoms with Crippen molar-refractivity contribution in [1.29, 1.82) is 0 Å². The molecule has 1 aromatic carbocycles. The molecule has 0 aliphatic carbocycles. The minimum Gasteiger partial charge on any atom is -0.476 e. The Labute approximate surface area is 125 Å². The van der Waals surface area contributed by atoms with Gasteiger partial charge in [-0.1, -0.05) is 18.2 Å². The maximum atomic E-state index is 14.3. The highest BCUT2D eigenvalue weighted by atomic mass is 32.1. The summed E-state index contributed by atoms with van der Waals surface area (Å²) in [5, 5.41) is 11.2. The second kappa shape index (κ2) is 5.54. The molecule has 21 heavy (non-hydrogen) atoms.